The van der Waals surface area contributed by atoms with Crippen LogP contribution in [0.25, 0.3) is 11.1 Å². The second-order valence-electron chi connectivity index (χ2n) is 6.60. The number of benzene rings is 3. The van der Waals surface area contributed by atoms with Crippen molar-refractivity contribution in [1.82, 2.24) is 0 Å². The third kappa shape index (κ3) is 5.24. The Morgan fingerprint density at radius 1 is 0.839 bits per heavy atom. The Hall–Kier alpha value is -3.32. The molecule has 0 bridgehead atoms. The average Bonchev–Trinajstić information content (AvgIpc) is 2.79. The number of nitrogens with zero attached hydrogens (tertiary/aromatic N) is 1. The predicted molar refractivity (Wildman–Crippen MR) is 121 cm³/mol. The van der Waals surface area contributed by atoms with Crippen molar-refractivity contribution in [3.8, 4) is 16.9 Å². The van der Waals surface area contributed by atoms with Crippen LogP contribution in [0, 0.1) is 0 Å². The lowest BCUT2D eigenvalue weighted by atomic mass is 10.0. The van der Waals surface area contributed by atoms with Crippen LogP contribution in [0.5, 0.6) is 5.75 Å². The molecule has 7 heteroatoms. The molecular formula is C24H25NO5S. The van der Waals surface area contributed by atoms with Crippen molar-refractivity contribution in [3.05, 3.63) is 78.9 Å². The van der Waals surface area contributed by atoms with Gasteiger partial charge in [0.05, 0.1) is 23.8 Å². The fourth-order valence-electron chi connectivity index (χ4n) is 3.18. The number of rotatable bonds is 9. The molecule has 0 unspecified atom stereocenters. The van der Waals surface area contributed by atoms with Gasteiger partial charge in [0, 0.05) is 5.56 Å². The van der Waals surface area contributed by atoms with Gasteiger partial charge in [-0.1, -0.05) is 48.5 Å². The summed E-state index contributed by atoms with van der Waals surface area (Å²) < 4.78 is 38.8. The summed E-state index contributed by atoms with van der Waals surface area (Å²) in [5.74, 6) is -0.0528. The van der Waals surface area contributed by atoms with E-state index in [-0.39, 0.29) is 11.5 Å². The minimum absolute atomic E-state index is 0.0584. The Bertz CT molecular complexity index is 1110. The average molecular weight is 440 g/mol. The topological polar surface area (TPSA) is 72.9 Å². The van der Waals surface area contributed by atoms with Crippen LogP contribution in [-0.4, -0.2) is 34.1 Å². The van der Waals surface area contributed by atoms with Gasteiger partial charge in [-0.15, -0.1) is 0 Å². The van der Waals surface area contributed by atoms with E-state index in [0.717, 1.165) is 9.87 Å². The highest BCUT2D eigenvalue weighted by Crippen LogP contribution is 2.34. The summed E-state index contributed by atoms with van der Waals surface area (Å²) in [6.07, 6.45) is 0. The van der Waals surface area contributed by atoms with Crippen LogP contribution < -0.4 is 9.04 Å². The summed E-state index contributed by atoms with van der Waals surface area (Å²) in [6.45, 7) is 3.74. The summed E-state index contributed by atoms with van der Waals surface area (Å²) in [6, 6.07) is 22.7. The van der Waals surface area contributed by atoms with Gasteiger partial charge in [0.15, 0.2) is 0 Å². The first-order valence-electron chi connectivity index (χ1n) is 10.0. The fraction of sp³-hybridized carbons (Fsp3) is 0.208. The minimum atomic E-state index is -4.05. The molecule has 0 spiro atoms. The highest BCUT2D eigenvalue weighted by molar-refractivity contribution is 7.92. The maximum atomic E-state index is 13.6. The normalized spacial score (nSPS) is 11.0. The van der Waals surface area contributed by atoms with E-state index >= 15 is 0 Å². The second kappa shape index (κ2) is 10.1. The molecule has 0 aromatic heterocycles. The molecule has 0 amide bonds. The zero-order chi connectivity index (χ0) is 22.3. The van der Waals surface area contributed by atoms with Crippen LogP contribution in [0.15, 0.2) is 83.8 Å². The zero-order valence-electron chi connectivity index (χ0n) is 17.5. The van der Waals surface area contributed by atoms with Crippen LogP contribution in [-0.2, 0) is 19.6 Å². The number of para-hydroxylation sites is 1. The van der Waals surface area contributed by atoms with Gasteiger partial charge in [-0.25, -0.2) is 8.42 Å². The van der Waals surface area contributed by atoms with E-state index < -0.39 is 22.5 Å². The molecule has 3 rings (SSSR count). The van der Waals surface area contributed by atoms with E-state index in [1.807, 2.05) is 49.4 Å². The molecule has 0 saturated heterocycles. The van der Waals surface area contributed by atoms with Crippen LogP contribution in [0.1, 0.15) is 13.8 Å². The van der Waals surface area contributed by atoms with E-state index in [9.17, 15) is 13.2 Å². The van der Waals surface area contributed by atoms with Crippen LogP contribution >= 0.6 is 0 Å². The lowest BCUT2D eigenvalue weighted by Crippen LogP contribution is -2.37. The molecule has 6 nitrogen and oxygen atoms in total. The van der Waals surface area contributed by atoms with Crippen LogP contribution in [0.4, 0.5) is 5.69 Å². The number of ether oxygens (including phenoxy) is 2. The first-order chi connectivity index (χ1) is 15.0. The zero-order valence-corrected chi connectivity index (χ0v) is 18.3. The Kier molecular flexibility index (Phi) is 7.31. The molecule has 0 aliphatic rings. The number of carbonyl (C=O) groups excluding carboxylic acids is 1. The van der Waals surface area contributed by atoms with Crippen molar-refractivity contribution in [3.63, 3.8) is 0 Å². The molecule has 0 fully saturated rings. The van der Waals surface area contributed by atoms with E-state index in [1.54, 1.807) is 31.2 Å². The van der Waals surface area contributed by atoms with Crippen molar-refractivity contribution >= 4 is 21.7 Å². The minimum Gasteiger partial charge on any atom is -0.494 e. The Morgan fingerprint density at radius 3 is 2.13 bits per heavy atom. The van der Waals surface area contributed by atoms with Crippen LogP contribution in [0.2, 0.25) is 0 Å². The second-order valence-corrected chi connectivity index (χ2v) is 8.47. The third-order valence-electron chi connectivity index (χ3n) is 4.56. The highest BCUT2D eigenvalue weighted by Gasteiger charge is 2.29. The Labute approximate surface area is 183 Å². The van der Waals surface area contributed by atoms with Gasteiger partial charge in [0.2, 0.25) is 0 Å². The van der Waals surface area contributed by atoms with E-state index in [2.05, 4.69) is 0 Å². The molecule has 0 saturated carbocycles. The number of anilines is 1. The first kappa shape index (κ1) is 22.4. The largest absolute Gasteiger partial charge is 0.494 e. The standard InChI is InChI=1S/C24H25NO5S/c1-3-29-20-14-16-21(17-15-20)31(27,28)25(18-24(26)30-4-2)23-13-9-8-12-22(23)19-10-6-5-7-11-19/h5-17H,3-4,18H2,1-2H3. The first-order valence-corrected chi connectivity index (χ1v) is 11.5. The summed E-state index contributed by atoms with van der Waals surface area (Å²) in [5, 5.41) is 0. The highest BCUT2D eigenvalue weighted by atomic mass is 32.2. The van der Waals surface area contributed by atoms with Crippen molar-refractivity contribution in [1.29, 1.82) is 0 Å². The van der Waals surface area contributed by atoms with Gasteiger partial charge in [-0.2, -0.15) is 0 Å². The van der Waals surface area contributed by atoms with Crippen molar-refractivity contribution in [2.75, 3.05) is 24.1 Å². The third-order valence-corrected chi connectivity index (χ3v) is 6.33. The van der Waals surface area contributed by atoms with Crippen LogP contribution in [0.3, 0.4) is 0 Å². The maximum Gasteiger partial charge on any atom is 0.326 e. The maximum absolute atomic E-state index is 13.6. The molecule has 0 aliphatic carbocycles. The van der Waals surface area contributed by atoms with Crippen molar-refractivity contribution in [2.24, 2.45) is 0 Å². The Morgan fingerprint density at radius 2 is 1.48 bits per heavy atom. The molecule has 0 aliphatic heterocycles. The van der Waals surface area contributed by atoms with Gasteiger partial charge in [-0.05, 0) is 49.7 Å². The monoisotopic (exact) mass is 439 g/mol. The molecule has 0 heterocycles. The predicted octanol–water partition coefficient (Wildman–Crippen LogP) is 4.51. The molecular weight excluding hydrogens is 414 g/mol. The number of esters is 1. The quantitative estimate of drug-likeness (QED) is 0.459. The molecule has 31 heavy (non-hydrogen) atoms. The lowest BCUT2D eigenvalue weighted by molar-refractivity contribution is -0.141. The molecule has 3 aromatic rings. The molecule has 0 N–H and O–H groups in total. The number of hydrogen-bond acceptors (Lipinski definition) is 5. The van der Waals surface area contributed by atoms with Gasteiger partial charge in [0.25, 0.3) is 10.0 Å². The van der Waals surface area contributed by atoms with Crippen molar-refractivity contribution in [2.45, 2.75) is 18.7 Å². The van der Waals surface area contributed by atoms with E-state index in [0.29, 0.717) is 23.6 Å². The SMILES string of the molecule is CCOC(=O)CN(c1ccccc1-c1ccccc1)S(=O)(=O)c1ccc(OCC)cc1. The number of carbonyl (C=O) groups is 1. The molecule has 162 valence electrons. The van der Waals surface area contributed by atoms with Gasteiger partial charge < -0.3 is 9.47 Å². The summed E-state index contributed by atoms with van der Waals surface area (Å²) in [5.41, 5.74) is 1.94. The molecule has 0 radical (unpaired) electrons. The van der Waals surface area contributed by atoms with Gasteiger partial charge in [0.1, 0.15) is 12.3 Å². The summed E-state index contributed by atoms with van der Waals surface area (Å²) >= 11 is 0. The molecule has 0 atom stereocenters. The van der Waals surface area contributed by atoms with E-state index in [1.165, 1.54) is 12.1 Å². The summed E-state index contributed by atoms with van der Waals surface area (Å²) in [7, 11) is -4.05. The van der Waals surface area contributed by atoms with Crippen molar-refractivity contribution < 1.29 is 22.7 Å². The number of hydrogen-bond donors (Lipinski definition) is 0. The van der Waals surface area contributed by atoms with E-state index in [4.69, 9.17) is 9.47 Å². The van der Waals surface area contributed by atoms with Gasteiger partial charge >= 0.3 is 5.97 Å². The lowest BCUT2D eigenvalue weighted by Gasteiger charge is -2.26. The number of sulfonamides is 1. The Balaban J connectivity index is 2.10. The smallest absolute Gasteiger partial charge is 0.326 e. The van der Waals surface area contributed by atoms with Gasteiger partial charge in [-0.3, -0.25) is 9.10 Å². The fourth-order valence-corrected chi connectivity index (χ4v) is 4.61. The molecule has 3 aromatic carbocycles. The summed E-state index contributed by atoms with van der Waals surface area (Å²) in [4.78, 5) is 12.4.